The van der Waals surface area contributed by atoms with Crippen molar-refractivity contribution in [1.82, 2.24) is 4.90 Å². The molecule has 0 unspecified atom stereocenters. The van der Waals surface area contributed by atoms with Crippen LogP contribution in [-0.2, 0) is 14.4 Å². The van der Waals surface area contributed by atoms with Crippen LogP contribution >= 0.6 is 0 Å². The van der Waals surface area contributed by atoms with E-state index in [2.05, 4.69) is 10.2 Å². The quantitative estimate of drug-likeness (QED) is 0.240. The van der Waals surface area contributed by atoms with Crippen LogP contribution in [-0.4, -0.2) is 77.9 Å². The Morgan fingerprint density at radius 3 is 2.00 bits per heavy atom. The Morgan fingerprint density at radius 2 is 1.45 bits per heavy atom. The number of carbonyl (C=O) groups excluding carboxylic acids is 3. The summed E-state index contributed by atoms with van der Waals surface area (Å²) in [4.78, 5) is 60.0. The molecule has 232 valence electrons. The number of ketones is 1. The summed E-state index contributed by atoms with van der Waals surface area (Å²) in [6.45, 7) is 3.96. The standard InChI is InChI=1S/C30H32FN3O4.C2H2O4/c1-21(35)32-26-13-9-24(10-14-26)30(37)34(27-5-3-4-6-28(27)38-2)20-19-33-17-15-23(16-18-33)29(36)22-7-11-25(31)12-8-22;3-1(4)2(5)6/h3-14,23H,15-20H2,1-2H3,(H,32,35);(H,3,4)(H,5,6). The predicted octanol–water partition coefficient (Wildman–Crippen LogP) is 4.19. The first-order chi connectivity index (χ1) is 21.0. The van der Waals surface area contributed by atoms with Gasteiger partial charge in [0.2, 0.25) is 5.91 Å². The number of hydrogen-bond donors (Lipinski definition) is 3. The maximum Gasteiger partial charge on any atom is 0.414 e. The normalized spacial score (nSPS) is 13.2. The van der Waals surface area contributed by atoms with Gasteiger partial charge in [0.15, 0.2) is 5.78 Å². The molecule has 0 aromatic heterocycles. The molecule has 2 amide bonds. The lowest BCUT2D eigenvalue weighted by atomic mass is 9.89. The van der Waals surface area contributed by atoms with Crippen LogP contribution in [0.15, 0.2) is 72.8 Å². The van der Waals surface area contributed by atoms with Crippen molar-refractivity contribution >= 4 is 40.9 Å². The van der Waals surface area contributed by atoms with Crippen molar-refractivity contribution in [2.24, 2.45) is 5.92 Å². The number of aliphatic carboxylic acids is 2. The number of methoxy groups -OCH3 is 1. The second kappa shape index (κ2) is 15.9. The maximum atomic E-state index is 13.6. The van der Waals surface area contributed by atoms with Gasteiger partial charge in [-0.15, -0.1) is 0 Å². The van der Waals surface area contributed by atoms with Crippen LogP contribution in [0.4, 0.5) is 15.8 Å². The summed E-state index contributed by atoms with van der Waals surface area (Å²) in [6, 6.07) is 19.9. The highest BCUT2D eigenvalue weighted by molar-refractivity contribution is 6.27. The maximum absolute atomic E-state index is 13.6. The number of hydrogen-bond acceptors (Lipinski definition) is 7. The second-order valence-electron chi connectivity index (χ2n) is 9.98. The van der Waals surface area contributed by atoms with Gasteiger partial charge in [-0.05, 0) is 86.6 Å². The highest BCUT2D eigenvalue weighted by atomic mass is 19.1. The molecule has 1 fully saturated rings. The van der Waals surface area contributed by atoms with Crippen LogP contribution in [0.1, 0.15) is 40.5 Å². The van der Waals surface area contributed by atoms with Crippen LogP contribution < -0.4 is 15.0 Å². The molecule has 11 nitrogen and oxygen atoms in total. The highest BCUT2D eigenvalue weighted by Gasteiger charge is 2.27. The Kier molecular flexibility index (Phi) is 12.1. The second-order valence-corrected chi connectivity index (χ2v) is 9.98. The van der Waals surface area contributed by atoms with E-state index in [-0.39, 0.29) is 29.3 Å². The van der Waals surface area contributed by atoms with E-state index < -0.39 is 11.9 Å². The molecule has 3 aromatic carbocycles. The van der Waals surface area contributed by atoms with Gasteiger partial charge in [-0.25, -0.2) is 14.0 Å². The van der Waals surface area contributed by atoms with Crippen LogP contribution in [0.25, 0.3) is 0 Å². The zero-order valence-electron chi connectivity index (χ0n) is 24.4. The Hall–Kier alpha value is -5.10. The fourth-order valence-corrected chi connectivity index (χ4v) is 4.75. The molecule has 1 aliphatic rings. The number of likely N-dealkylation sites (tertiary alicyclic amines) is 1. The van der Waals surface area contributed by atoms with Crippen molar-refractivity contribution in [3.8, 4) is 5.75 Å². The van der Waals surface area contributed by atoms with Crippen LogP contribution in [0, 0.1) is 11.7 Å². The molecule has 0 radical (unpaired) electrons. The molecule has 0 spiro atoms. The number of piperidine rings is 1. The molecule has 0 atom stereocenters. The van der Waals surface area contributed by atoms with Crippen molar-refractivity contribution in [2.75, 3.05) is 43.5 Å². The zero-order valence-corrected chi connectivity index (χ0v) is 24.4. The molecule has 4 rings (SSSR count). The number of benzene rings is 3. The molecule has 3 aromatic rings. The van der Waals surface area contributed by atoms with Gasteiger partial charge in [-0.3, -0.25) is 14.4 Å². The van der Waals surface area contributed by atoms with Gasteiger partial charge in [-0.2, -0.15) is 0 Å². The minimum atomic E-state index is -1.82. The SMILES string of the molecule is COc1ccccc1N(CCN1CCC(C(=O)c2ccc(F)cc2)CC1)C(=O)c1ccc(NC(C)=O)cc1.O=C(O)C(=O)O. The van der Waals surface area contributed by atoms with Gasteiger partial charge in [0.1, 0.15) is 11.6 Å². The molecule has 44 heavy (non-hydrogen) atoms. The molecule has 1 saturated heterocycles. The Balaban J connectivity index is 0.000000801. The first kappa shape index (κ1) is 33.4. The first-order valence-corrected chi connectivity index (χ1v) is 13.8. The number of anilines is 2. The molecule has 0 saturated carbocycles. The van der Waals surface area contributed by atoms with Crippen molar-refractivity contribution in [1.29, 1.82) is 0 Å². The highest BCUT2D eigenvalue weighted by Crippen LogP contribution is 2.30. The third-order valence-corrected chi connectivity index (χ3v) is 6.98. The van der Waals surface area contributed by atoms with E-state index in [1.807, 2.05) is 24.3 Å². The summed E-state index contributed by atoms with van der Waals surface area (Å²) in [7, 11) is 1.58. The molecular weight excluding hydrogens is 573 g/mol. The molecule has 1 heterocycles. The zero-order chi connectivity index (χ0) is 32.2. The summed E-state index contributed by atoms with van der Waals surface area (Å²) in [5.74, 6) is -3.80. The number of carboxylic acids is 2. The van der Waals surface area contributed by atoms with E-state index >= 15 is 0 Å². The van der Waals surface area contributed by atoms with Gasteiger partial charge in [0.05, 0.1) is 12.8 Å². The van der Waals surface area contributed by atoms with Crippen molar-refractivity contribution < 1.29 is 43.3 Å². The lowest BCUT2D eigenvalue weighted by Gasteiger charge is -2.33. The summed E-state index contributed by atoms with van der Waals surface area (Å²) < 4.78 is 18.8. The molecule has 3 N–H and O–H groups in total. The largest absolute Gasteiger partial charge is 0.495 e. The number of halogens is 1. The lowest BCUT2D eigenvalue weighted by Crippen LogP contribution is -2.43. The first-order valence-electron chi connectivity index (χ1n) is 13.8. The summed E-state index contributed by atoms with van der Waals surface area (Å²) in [5.41, 5.74) is 2.33. The van der Waals surface area contributed by atoms with Crippen LogP contribution in [0.3, 0.4) is 0 Å². The van der Waals surface area contributed by atoms with E-state index in [0.717, 1.165) is 13.1 Å². The van der Waals surface area contributed by atoms with Crippen LogP contribution in [0.2, 0.25) is 0 Å². The third-order valence-electron chi connectivity index (χ3n) is 6.98. The predicted molar refractivity (Wildman–Crippen MR) is 161 cm³/mol. The van der Waals surface area contributed by atoms with Crippen molar-refractivity contribution in [3.05, 3.63) is 89.7 Å². The number of carbonyl (C=O) groups is 5. The van der Waals surface area contributed by atoms with Gasteiger partial charge < -0.3 is 30.1 Å². The van der Waals surface area contributed by atoms with Gasteiger partial charge in [-0.1, -0.05) is 12.1 Å². The smallest absolute Gasteiger partial charge is 0.414 e. The van der Waals surface area contributed by atoms with Crippen molar-refractivity contribution in [3.63, 3.8) is 0 Å². The fourth-order valence-electron chi connectivity index (χ4n) is 4.75. The monoisotopic (exact) mass is 607 g/mol. The average molecular weight is 608 g/mol. The minimum absolute atomic E-state index is 0.0539. The number of ether oxygens (including phenoxy) is 1. The van der Waals surface area contributed by atoms with Gasteiger partial charge in [0, 0.05) is 42.7 Å². The molecule has 1 aliphatic heterocycles. The number of Topliss-reactive ketones (excluding diaryl/α,β-unsaturated/α-hetero) is 1. The average Bonchev–Trinajstić information content (AvgIpc) is 3.02. The molecule has 12 heteroatoms. The Morgan fingerprint density at radius 1 is 0.886 bits per heavy atom. The lowest BCUT2D eigenvalue weighted by molar-refractivity contribution is -0.159. The summed E-state index contributed by atoms with van der Waals surface area (Å²) in [6.07, 6.45) is 1.42. The minimum Gasteiger partial charge on any atom is -0.495 e. The topological polar surface area (TPSA) is 154 Å². The van der Waals surface area contributed by atoms with Crippen LogP contribution in [0.5, 0.6) is 5.75 Å². The van der Waals surface area contributed by atoms with Gasteiger partial charge in [0.25, 0.3) is 5.91 Å². The van der Waals surface area contributed by atoms with E-state index in [9.17, 15) is 18.8 Å². The number of para-hydroxylation sites is 2. The Labute approximate surface area is 253 Å². The number of nitrogens with zero attached hydrogens (tertiary/aromatic N) is 2. The van der Waals surface area contributed by atoms with E-state index in [4.69, 9.17) is 24.5 Å². The summed E-state index contributed by atoms with van der Waals surface area (Å²) in [5, 5.41) is 17.5. The third kappa shape index (κ3) is 9.46. The molecular formula is C32H34FN3O8. The van der Waals surface area contributed by atoms with Gasteiger partial charge >= 0.3 is 11.9 Å². The number of nitrogens with one attached hydrogen (secondary N) is 1. The fraction of sp³-hybridized carbons (Fsp3) is 0.281. The number of rotatable bonds is 9. The number of carboxylic acid groups (broad SMARTS) is 2. The Bertz CT molecular complexity index is 1460. The van der Waals surface area contributed by atoms with Crippen molar-refractivity contribution in [2.45, 2.75) is 19.8 Å². The number of amides is 2. The van der Waals surface area contributed by atoms with E-state index in [1.54, 1.807) is 48.4 Å². The van der Waals surface area contributed by atoms with E-state index in [0.29, 0.717) is 54.2 Å². The summed E-state index contributed by atoms with van der Waals surface area (Å²) >= 11 is 0. The molecule has 0 aliphatic carbocycles. The van der Waals surface area contributed by atoms with E-state index in [1.165, 1.54) is 19.1 Å². The molecule has 0 bridgehead atoms.